The van der Waals surface area contributed by atoms with Crippen molar-refractivity contribution in [1.29, 1.82) is 0 Å². The largest absolute Gasteiger partial charge is 0.375 e. The van der Waals surface area contributed by atoms with Crippen LogP contribution in [-0.4, -0.2) is 24.7 Å². The van der Waals surface area contributed by atoms with Crippen LogP contribution in [-0.2, 0) is 4.74 Å². The second-order valence-electron chi connectivity index (χ2n) is 5.82. The molecule has 5 nitrogen and oxygen atoms in total. The molecule has 2 aromatic carbocycles. The predicted molar refractivity (Wildman–Crippen MR) is 100 cm³/mol. The van der Waals surface area contributed by atoms with Gasteiger partial charge in [-0.25, -0.2) is 0 Å². The van der Waals surface area contributed by atoms with Gasteiger partial charge in [-0.1, -0.05) is 59.2 Å². The van der Waals surface area contributed by atoms with Gasteiger partial charge < -0.3 is 14.6 Å². The molecule has 1 aromatic heterocycles. The van der Waals surface area contributed by atoms with Crippen LogP contribution in [0.2, 0.25) is 5.02 Å². The number of rotatable bonds is 6. The molecule has 6 heteroatoms. The van der Waals surface area contributed by atoms with Gasteiger partial charge in [-0.2, -0.15) is 0 Å². The number of ether oxygens (including phenoxy) is 1. The Bertz CT molecular complexity index is 893. The van der Waals surface area contributed by atoms with Gasteiger partial charge in [0, 0.05) is 24.2 Å². The van der Waals surface area contributed by atoms with Gasteiger partial charge in [0.15, 0.2) is 0 Å². The SMILES string of the molecule is CO[C@@H](CNC(=O)c1c(-c2ccccc2)noc1C)c1cccc(Cl)c1. The normalized spacial score (nSPS) is 12.0. The zero-order chi connectivity index (χ0) is 18.5. The number of hydrogen-bond acceptors (Lipinski definition) is 4. The van der Waals surface area contributed by atoms with Gasteiger partial charge in [0.25, 0.3) is 5.91 Å². The Balaban J connectivity index is 1.77. The van der Waals surface area contributed by atoms with Crippen molar-refractivity contribution in [2.75, 3.05) is 13.7 Å². The molecular formula is C20H19ClN2O3. The summed E-state index contributed by atoms with van der Waals surface area (Å²) in [7, 11) is 1.60. The van der Waals surface area contributed by atoms with Crippen molar-refractivity contribution in [3.63, 3.8) is 0 Å². The van der Waals surface area contributed by atoms with Crippen LogP contribution in [0.4, 0.5) is 0 Å². The van der Waals surface area contributed by atoms with Crippen LogP contribution in [0.5, 0.6) is 0 Å². The first kappa shape index (κ1) is 18.2. The molecule has 1 heterocycles. The van der Waals surface area contributed by atoms with E-state index in [2.05, 4.69) is 10.5 Å². The molecule has 0 unspecified atom stereocenters. The lowest BCUT2D eigenvalue weighted by atomic mass is 10.1. The van der Waals surface area contributed by atoms with Crippen LogP contribution in [0.15, 0.2) is 59.1 Å². The molecule has 1 N–H and O–H groups in total. The Morgan fingerprint density at radius 3 is 2.69 bits per heavy atom. The number of aromatic nitrogens is 1. The van der Waals surface area contributed by atoms with Crippen LogP contribution in [0.25, 0.3) is 11.3 Å². The number of carbonyl (C=O) groups excluding carboxylic acids is 1. The minimum absolute atomic E-state index is 0.258. The van der Waals surface area contributed by atoms with E-state index in [1.54, 1.807) is 20.1 Å². The van der Waals surface area contributed by atoms with Crippen molar-refractivity contribution < 1.29 is 14.1 Å². The molecule has 1 amide bonds. The van der Waals surface area contributed by atoms with Crippen molar-refractivity contribution in [3.05, 3.63) is 76.5 Å². The summed E-state index contributed by atoms with van der Waals surface area (Å²) in [6.45, 7) is 2.02. The third-order valence-electron chi connectivity index (χ3n) is 4.09. The second kappa shape index (κ2) is 8.17. The molecule has 0 aliphatic carbocycles. The molecule has 0 aliphatic rings. The van der Waals surface area contributed by atoms with Crippen LogP contribution in [0, 0.1) is 6.92 Å². The molecule has 0 saturated heterocycles. The summed E-state index contributed by atoms with van der Waals surface area (Å²) in [6, 6.07) is 16.8. The number of amides is 1. The monoisotopic (exact) mass is 370 g/mol. The van der Waals surface area contributed by atoms with Crippen molar-refractivity contribution in [2.24, 2.45) is 0 Å². The van der Waals surface area contributed by atoms with E-state index in [-0.39, 0.29) is 12.0 Å². The van der Waals surface area contributed by atoms with Crippen molar-refractivity contribution in [3.8, 4) is 11.3 Å². The summed E-state index contributed by atoms with van der Waals surface area (Å²) >= 11 is 6.04. The van der Waals surface area contributed by atoms with E-state index < -0.39 is 0 Å². The fraction of sp³-hybridized carbons (Fsp3) is 0.200. The van der Waals surface area contributed by atoms with Crippen LogP contribution in [0.3, 0.4) is 0 Å². The second-order valence-corrected chi connectivity index (χ2v) is 6.25. The van der Waals surface area contributed by atoms with E-state index in [9.17, 15) is 4.79 Å². The molecule has 134 valence electrons. The van der Waals surface area contributed by atoms with Gasteiger partial charge >= 0.3 is 0 Å². The van der Waals surface area contributed by atoms with E-state index in [1.807, 2.05) is 48.5 Å². The fourth-order valence-corrected chi connectivity index (χ4v) is 2.95. The Morgan fingerprint density at radius 2 is 2.00 bits per heavy atom. The first-order valence-corrected chi connectivity index (χ1v) is 8.56. The number of nitrogens with zero attached hydrogens (tertiary/aromatic N) is 1. The quantitative estimate of drug-likeness (QED) is 0.697. The lowest BCUT2D eigenvalue weighted by Crippen LogP contribution is -2.29. The summed E-state index contributed by atoms with van der Waals surface area (Å²) in [5.74, 6) is 0.213. The van der Waals surface area contributed by atoms with Crippen molar-refractivity contribution >= 4 is 17.5 Å². The van der Waals surface area contributed by atoms with Crippen LogP contribution >= 0.6 is 11.6 Å². The topological polar surface area (TPSA) is 64.4 Å². The third kappa shape index (κ3) is 3.95. The first-order valence-electron chi connectivity index (χ1n) is 8.18. The summed E-state index contributed by atoms with van der Waals surface area (Å²) in [4.78, 5) is 12.7. The molecule has 3 rings (SSSR count). The van der Waals surface area contributed by atoms with Crippen LogP contribution < -0.4 is 5.32 Å². The summed E-state index contributed by atoms with van der Waals surface area (Å²) in [5.41, 5.74) is 2.67. The minimum atomic E-state index is -0.307. The van der Waals surface area contributed by atoms with Gasteiger partial charge in [0.05, 0.1) is 6.10 Å². The van der Waals surface area contributed by atoms with Gasteiger partial charge in [-0.3, -0.25) is 4.79 Å². The number of aryl methyl sites for hydroxylation is 1. The van der Waals surface area contributed by atoms with Gasteiger partial charge in [-0.05, 0) is 24.6 Å². The first-order chi connectivity index (χ1) is 12.6. The van der Waals surface area contributed by atoms with E-state index in [1.165, 1.54) is 0 Å². The molecule has 0 saturated carbocycles. The summed E-state index contributed by atoms with van der Waals surface area (Å²) in [5, 5.41) is 7.56. The van der Waals surface area contributed by atoms with Gasteiger partial charge in [0.1, 0.15) is 17.0 Å². The number of benzene rings is 2. The smallest absolute Gasteiger partial charge is 0.257 e. The molecule has 0 aliphatic heterocycles. The average molecular weight is 371 g/mol. The Hall–Kier alpha value is -2.63. The molecule has 0 radical (unpaired) electrons. The lowest BCUT2D eigenvalue weighted by molar-refractivity contribution is 0.0827. The average Bonchev–Trinajstić information content (AvgIpc) is 3.04. The molecule has 1 atom stereocenters. The molecule has 0 fully saturated rings. The maximum Gasteiger partial charge on any atom is 0.257 e. The van der Waals surface area contributed by atoms with E-state index in [4.69, 9.17) is 20.9 Å². The zero-order valence-electron chi connectivity index (χ0n) is 14.5. The number of methoxy groups -OCH3 is 1. The predicted octanol–water partition coefficient (Wildman–Crippen LogP) is 4.42. The number of hydrogen-bond donors (Lipinski definition) is 1. The number of nitrogens with one attached hydrogen (secondary N) is 1. The molecule has 26 heavy (non-hydrogen) atoms. The summed E-state index contributed by atoms with van der Waals surface area (Å²) < 4.78 is 10.7. The standard InChI is InChI=1S/C20H19ClN2O3/c1-13-18(19(23-26-13)14-7-4-3-5-8-14)20(24)22-12-17(25-2)15-9-6-10-16(21)11-15/h3-11,17H,12H2,1-2H3,(H,22,24)/t17-/m0/s1. The molecule has 0 bridgehead atoms. The van der Waals surface area contributed by atoms with Gasteiger partial charge in [0.2, 0.25) is 0 Å². The summed E-state index contributed by atoms with van der Waals surface area (Å²) in [6.07, 6.45) is -0.307. The molecule has 3 aromatic rings. The molecular weight excluding hydrogens is 352 g/mol. The maximum atomic E-state index is 12.7. The highest BCUT2D eigenvalue weighted by Crippen LogP contribution is 2.25. The van der Waals surface area contributed by atoms with E-state index in [0.29, 0.717) is 28.6 Å². The lowest BCUT2D eigenvalue weighted by Gasteiger charge is -2.17. The Morgan fingerprint density at radius 1 is 1.23 bits per heavy atom. The van der Waals surface area contributed by atoms with Gasteiger partial charge in [-0.15, -0.1) is 0 Å². The highest BCUT2D eigenvalue weighted by atomic mass is 35.5. The highest BCUT2D eigenvalue weighted by Gasteiger charge is 2.22. The van der Waals surface area contributed by atoms with Crippen molar-refractivity contribution in [2.45, 2.75) is 13.0 Å². The maximum absolute atomic E-state index is 12.7. The Labute approximate surface area is 156 Å². The van der Waals surface area contributed by atoms with Crippen molar-refractivity contribution in [1.82, 2.24) is 10.5 Å². The zero-order valence-corrected chi connectivity index (χ0v) is 15.3. The minimum Gasteiger partial charge on any atom is -0.375 e. The van der Waals surface area contributed by atoms with Crippen LogP contribution in [0.1, 0.15) is 27.8 Å². The van der Waals surface area contributed by atoms with E-state index in [0.717, 1.165) is 11.1 Å². The third-order valence-corrected chi connectivity index (χ3v) is 4.33. The Kier molecular flexibility index (Phi) is 5.71. The molecule has 0 spiro atoms. The van der Waals surface area contributed by atoms with E-state index >= 15 is 0 Å². The fourth-order valence-electron chi connectivity index (χ4n) is 2.75. The number of halogens is 1. The highest BCUT2D eigenvalue weighted by molar-refractivity contribution is 6.30. The number of carbonyl (C=O) groups is 1.